The number of aromatic nitrogens is 3. The van der Waals surface area contributed by atoms with E-state index in [1.807, 2.05) is 43.3 Å². The van der Waals surface area contributed by atoms with Crippen LogP contribution in [0.1, 0.15) is 52.3 Å². The van der Waals surface area contributed by atoms with Crippen molar-refractivity contribution in [3.8, 4) is 0 Å². The lowest BCUT2D eigenvalue weighted by Crippen LogP contribution is -2.22. The molecule has 33 heavy (non-hydrogen) atoms. The third-order valence-electron chi connectivity index (χ3n) is 5.97. The molecule has 2 aromatic heterocycles. The van der Waals surface area contributed by atoms with Crippen molar-refractivity contribution in [2.24, 2.45) is 5.92 Å². The smallest absolute Gasteiger partial charge is 0.325 e. The zero-order valence-corrected chi connectivity index (χ0v) is 19.2. The monoisotopic (exact) mass is 459 g/mol. The van der Waals surface area contributed by atoms with Gasteiger partial charge in [0.1, 0.15) is 5.82 Å². The second kappa shape index (κ2) is 9.15. The summed E-state index contributed by atoms with van der Waals surface area (Å²) in [5, 5.41) is 6.13. The number of anilines is 2. The molecule has 2 amide bonds. The maximum Gasteiger partial charge on any atom is 0.325 e. The molecular formula is C25H25N5O2S. The average Bonchev–Trinajstić information content (AvgIpc) is 3.55. The van der Waals surface area contributed by atoms with Crippen LogP contribution in [0.15, 0.2) is 48.7 Å². The number of aromatic amines is 1. The van der Waals surface area contributed by atoms with E-state index in [4.69, 9.17) is 0 Å². The molecule has 0 unspecified atom stereocenters. The van der Waals surface area contributed by atoms with Gasteiger partial charge in [0.2, 0.25) is 0 Å². The summed E-state index contributed by atoms with van der Waals surface area (Å²) in [5.41, 5.74) is 4.04. The van der Waals surface area contributed by atoms with Crippen LogP contribution in [-0.4, -0.2) is 26.8 Å². The van der Waals surface area contributed by atoms with Crippen molar-refractivity contribution >= 4 is 45.0 Å². The maximum atomic E-state index is 13.0. The number of aryl methyl sites for hydroxylation is 1. The van der Waals surface area contributed by atoms with Gasteiger partial charge in [-0.1, -0.05) is 36.6 Å². The van der Waals surface area contributed by atoms with E-state index in [0.29, 0.717) is 22.8 Å². The summed E-state index contributed by atoms with van der Waals surface area (Å²) < 4.78 is 0. The van der Waals surface area contributed by atoms with Crippen molar-refractivity contribution in [3.63, 3.8) is 0 Å². The number of para-hydroxylation sites is 2. The van der Waals surface area contributed by atoms with E-state index < -0.39 is 6.03 Å². The van der Waals surface area contributed by atoms with Crippen LogP contribution in [0.4, 0.5) is 15.6 Å². The second-order valence-corrected chi connectivity index (χ2v) is 9.60. The minimum absolute atomic E-state index is 0.0511. The Morgan fingerprint density at radius 2 is 1.94 bits per heavy atom. The fraction of sp³-hybridized carbons (Fsp3) is 0.280. The van der Waals surface area contributed by atoms with Crippen molar-refractivity contribution in [2.75, 3.05) is 10.6 Å². The van der Waals surface area contributed by atoms with Crippen LogP contribution in [-0.2, 0) is 6.42 Å². The minimum Gasteiger partial charge on any atom is -0.342 e. The second-order valence-electron chi connectivity index (χ2n) is 8.48. The number of Topliss-reactive ketones (excluding diaryl/α,β-unsaturated/α-hetero) is 1. The number of rotatable bonds is 6. The van der Waals surface area contributed by atoms with Gasteiger partial charge in [-0.3, -0.25) is 10.1 Å². The zero-order chi connectivity index (χ0) is 22.8. The van der Waals surface area contributed by atoms with Crippen LogP contribution in [0.3, 0.4) is 0 Å². The first-order valence-corrected chi connectivity index (χ1v) is 12.0. The van der Waals surface area contributed by atoms with Crippen LogP contribution in [0.2, 0.25) is 0 Å². The molecule has 2 heterocycles. The number of imidazole rings is 1. The molecule has 7 nitrogen and oxygen atoms in total. The maximum absolute atomic E-state index is 13.0. The highest BCUT2D eigenvalue weighted by Crippen LogP contribution is 2.31. The third-order valence-corrected chi connectivity index (χ3v) is 6.88. The molecule has 1 saturated carbocycles. The molecular weight excluding hydrogens is 434 g/mol. The first-order valence-electron chi connectivity index (χ1n) is 11.2. The van der Waals surface area contributed by atoms with Crippen LogP contribution in [0.25, 0.3) is 11.0 Å². The molecule has 1 aliphatic rings. The Labute approximate surface area is 195 Å². The number of urea groups is 1. The molecule has 0 bridgehead atoms. The van der Waals surface area contributed by atoms with E-state index >= 15 is 0 Å². The highest BCUT2D eigenvalue weighted by atomic mass is 32.1. The molecule has 1 aliphatic carbocycles. The van der Waals surface area contributed by atoms with Crippen LogP contribution in [0, 0.1) is 12.8 Å². The Hall–Kier alpha value is -3.52. The molecule has 168 valence electrons. The molecule has 4 aromatic rings. The number of nitrogens with one attached hydrogen (secondary N) is 3. The topological polar surface area (TPSA) is 99.8 Å². The van der Waals surface area contributed by atoms with Gasteiger partial charge in [-0.2, -0.15) is 0 Å². The van der Waals surface area contributed by atoms with E-state index in [1.165, 1.54) is 11.3 Å². The Kier molecular flexibility index (Phi) is 5.92. The van der Waals surface area contributed by atoms with Crippen molar-refractivity contribution in [1.82, 2.24) is 15.0 Å². The Morgan fingerprint density at radius 3 is 2.76 bits per heavy atom. The van der Waals surface area contributed by atoms with E-state index in [9.17, 15) is 9.59 Å². The van der Waals surface area contributed by atoms with Crippen LogP contribution >= 0.6 is 11.3 Å². The lowest BCUT2D eigenvalue weighted by molar-refractivity contribution is 0.0923. The largest absolute Gasteiger partial charge is 0.342 e. The average molecular weight is 460 g/mol. The van der Waals surface area contributed by atoms with Crippen molar-refractivity contribution in [2.45, 2.75) is 39.0 Å². The third kappa shape index (κ3) is 4.80. The molecule has 0 spiro atoms. The summed E-state index contributed by atoms with van der Waals surface area (Å²) in [7, 11) is 0. The Bertz CT molecular complexity index is 1290. The van der Waals surface area contributed by atoms with Gasteiger partial charge in [0.15, 0.2) is 10.9 Å². The number of benzene rings is 2. The first-order chi connectivity index (χ1) is 16.0. The SMILES string of the molecule is Cc1ccc(NC(=O)Nc2ncc(Cc3nc4ccccc4[nH]3)s2)c(C(=O)C2CCCC2)c1. The van der Waals surface area contributed by atoms with Gasteiger partial charge in [-0.05, 0) is 44.0 Å². The number of hydrogen-bond acceptors (Lipinski definition) is 5. The molecule has 5 rings (SSSR count). The molecule has 0 saturated heterocycles. The van der Waals surface area contributed by atoms with Gasteiger partial charge in [0.25, 0.3) is 0 Å². The van der Waals surface area contributed by atoms with Crippen molar-refractivity contribution in [3.05, 3.63) is 70.5 Å². The van der Waals surface area contributed by atoms with Crippen LogP contribution in [0.5, 0.6) is 0 Å². The van der Waals surface area contributed by atoms with Gasteiger partial charge < -0.3 is 10.3 Å². The molecule has 2 aromatic carbocycles. The van der Waals surface area contributed by atoms with Crippen molar-refractivity contribution < 1.29 is 9.59 Å². The fourth-order valence-corrected chi connectivity index (χ4v) is 5.14. The van der Waals surface area contributed by atoms with Gasteiger partial charge in [0.05, 0.1) is 16.7 Å². The summed E-state index contributed by atoms with van der Waals surface area (Å²) in [6, 6.07) is 13.0. The fourth-order valence-electron chi connectivity index (χ4n) is 4.33. The highest BCUT2D eigenvalue weighted by molar-refractivity contribution is 7.15. The molecule has 0 atom stereocenters. The van der Waals surface area contributed by atoms with E-state index in [2.05, 4.69) is 25.6 Å². The summed E-state index contributed by atoms with van der Waals surface area (Å²) in [6.07, 6.45) is 6.37. The number of H-pyrrole nitrogens is 1. The number of ketones is 1. The lowest BCUT2D eigenvalue weighted by Gasteiger charge is -2.14. The van der Waals surface area contributed by atoms with Crippen molar-refractivity contribution in [1.29, 1.82) is 0 Å². The predicted molar refractivity (Wildman–Crippen MR) is 131 cm³/mol. The number of fused-ring (bicyclic) bond motifs is 1. The molecule has 0 radical (unpaired) electrons. The van der Waals surface area contributed by atoms with Gasteiger partial charge >= 0.3 is 6.03 Å². The zero-order valence-electron chi connectivity index (χ0n) is 18.4. The Balaban J connectivity index is 1.25. The molecule has 8 heteroatoms. The standard InChI is InChI=1S/C25H25N5O2S/c1-15-10-11-19(18(12-15)23(31)16-6-2-3-7-16)29-24(32)30-25-26-14-17(33-25)13-22-27-20-8-4-5-9-21(20)28-22/h4-5,8-12,14,16H,2-3,6-7,13H2,1H3,(H,27,28)(H2,26,29,30,32). The summed E-state index contributed by atoms with van der Waals surface area (Å²) in [5.74, 6) is 1.02. The number of amides is 2. The number of nitrogens with zero attached hydrogens (tertiary/aromatic N) is 2. The molecule has 1 fully saturated rings. The molecule has 0 aliphatic heterocycles. The van der Waals surface area contributed by atoms with E-state index in [0.717, 1.165) is 53.0 Å². The van der Waals surface area contributed by atoms with Gasteiger partial charge in [0, 0.05) is 29.0 Å². The van der Waals surface area contributed by atoms with E-state index in [1.54, 1.807) is 12.3 Å². The van der Waals surface area contributed by atoms with E-state index in [-0.39, 0.29) is 11.7 Å². The van der Waals surface area contributed by atoms with Gasteiger partial charge in [-0.25, -0.2) is 14.8 Å². The Morgan fingerprint density at radius 1 is 1.12 bits per heavy atom. The summed E-state index contributed by atoms with van der Waals surface area (Å²) in [6.45, 7) is 1.95. The number of carbonyl (C=O) groups is 2. The van der Waals surface area contributed by atoms with Crippen LogP contribution < -0.4 is 10.6 Å². The summed E-state index contributed by atoms with van der Waals surface area (Å²) >= 11 is 1.40. The molecule has 3 N–H and O–H groups in total. The summed E-state index contributed by atoms with van der Waals surface area (Å²) in [4.78, 5) is 38.9. The normalized spacial score (nSPS) is 14.0. The highest BCUT2D eigenvalue weighted by Gasteiger charge is 2.26. The minimum atomic E-state index is -0.413. The number of thiazole rings is 1. The number of carbonyl (C=O) groups excluding carboxylic acids is 2. The number of hydrogen-bond donors (Lipinski definition) is 3. The lowest BCUT2D eigenvalue weighted by atomic mass is 9.94. The predicted octanol–water partition coefficient (Wildman–Crippen LogP) is 5.94. The quantitative estimate of drug-likeness (QED) is 0.311. The van der Waals surface area contributed by atoms with Gasteiger partial charge in [-0.15, -0.1) is 11.3 Å². The first kappa shape index (κ1) is 21.3.